The van der Waals surface area contributed by atoms with Crippen molar-refractivity contribution in [3.8, 4) is 12.5 Å². The van der Waals surface area contributed by atoms with Crippen LogP contribution in [-0.4, -0.2) is 52.5 Å². The van der Waals surface area contributed by atoms with Gasteiger partial charge in [0.15, 0.2) is 0 Å². The standard InChI is InChI=1S/C25H35N3O4S/c1-9-18-12-11-13-19(16-18)21(22(29)26-17(3)4)28(10-2)23(30)20(14-15-33-8)27-24(31)32-25(5,6)7/h2,9,11-13,16-17,20-21H,1,14-15H2,3-8H3,(H,26,29)(H,27,31). The van der Waals surface area contributed by atoms with Gasteiger partial charge in [0.25, 0.3) is 5.91 Å². The van der Waals surface area contributed by atoms with Gasteiger partial charge < -0.3 is 15.4 Å². The Morgan fingerprint density at radius 1 is 1.27 bits per heavy atom. The Labute approximate surface area is 201 Å². The number of amides is 3. The van der Waals surface area contributed by atoms with Gasteiger partial charge >= 0.3 is 6.09 Å². The average Bonchev–Trinajstić information content (AvgIpc) is 2.72. The van der Waals surface area contributed by atoms with E-state index in [-0.39, 0.29) is 6.04 Å². The fraction of sp³-hybridized carbons (Fsp3) is 0.480. The Morgan fingerprint density at radius 2 is 1.94 bits per heavy atom. The highest BCUT2D eigenvalue weighted by molar-refractivity contribution is 7.98. The highest BCUT2D eigenvalue weighted by Gasteiger charge is 2.36. The maximum Gasteiger partial charge on any atom is 0.408 e. The quantitative estimate of drug-likeness (QED) is 0.397. The minimum atomic E-state index is -1.08. The molecule has 7 nitrogen and oxygen atoms in total. The van der Waals surface area contributed by atoms with Crippen LogP contribution in [0.3, 0.4) is 0 Å². The normalized spacial score (nSPS) is 12.8. The molecular formula is C25H35N3O4S. The summed E-state index contributed by atoms with van der Waals surface area (Å²) in [6, 6.07) is 7.26. The molecule has 8 heteroatoms. The first-order valence-electron chi connectivity index (χ1n) is 10.7. The van der Waals surface area contributed by atoms with Crippen LogP contribution in [0.4, 0.5) is 4.79 Å². The molecule has 2 N–H and O–H groups in total. The van der Waals surface area contributed by atoms with Crippen LogP contribution in [0.1, 0.15) is 58.2 Å². The molecule has 0 radical (unpaired) electrons. The molecule has 3 amide bonds. The number of terminal acetylenes is 1. The highest BCUT2D eigenvalue weighted by Crippen LogP contribution is 2.24. The fourth-order valence-electron chi connectivity index (χ4n) is 3.01. The van der Waals surface area contributed by atoms with Crippen molar-refractivity contribution < 1.29 is 19.1 Å². The molecular weight excluding hydrogens is 438 g/mol. The van der Waals surface area contributed by atoms with Crippen molar-refractivity contribution in [1.29, 1.82) is 0 Å². The molecule has 0 aliphatic rings. The number of carbonyl (C=O) groups excluding carboxylic acids is 3. The largest absolute Gasteiger partial charge is 0.444 e. The lowest BCUT2D eigenvalue weighted by molar-refractivity contribution is -0.138. The van der Waals surface area contributed by atoms with Crippen molar-refractivity contribution in [2.24, 2.45) is 0 Å². The van der Waals surface area contributed by atoms with Gasteiger partial charge in [0.1, 0.15) is 17.7 Å². The molecule has 33 heavy (non-hydrogen) atoms. The second-order valence-corrected chi connectivity index (χ2v) is 9.74. The summed E-state index contributed by atoms with van der Waals surface area (Å²) in [6.45, 7) is 12.6. The van der Waals surface area contributed by atoms with Crippen molar-refractivity contribution in [2.45, 2.75) is 64.8 Å². The lowest BCUT2D eigenvalue weighted by Gasteiger charge is -2.31. The van der Waals surface area contributed by atoms with Crippen LogP contribution in [0.5, 0.6) is 0 Å². The Kier molecular flexibility index (Phi) is 11.0. The molecule has 1 rings (SSSR count). The summed E-state index contributed by atoms with van der Waals surface area (Å²) in [7, 11) is 0. The molecule has 0 saturated heterocycles. The fourth-order valence-corrected chi connectivity index (χ4v) is 3.48. The minimum Gasteiger partial charge on any atom is -0.444 e. The summed E-state index contributed by atoms with van der Waals surface area (Å²) in [5, 5.41) is 5.45. The van der Waals surface area contributed by atoms with Gasteiger partial charge in [-0.1, -0.05) is 37.3 Å². The molecule has 1 aromatic rings. The van der Waals surface area contributed by atoms with E-state index < -0.39 is 35.6 Å². The molecule has 0 heterocycles. The second-order valence-electron chi connectivity index (χ2n) is 8.76. The number of rotatable bonds is 10. The van der Waals surface area contributed by atoms with Crippen LogP contribution in [0, 0.1) is 12.5 Å². The van der Waals surface area contributed by atoms with Crippen LogP contribution < -0.4 is 10.6 Å². The lowest BCUT2D eigenvalue weighted by atomic mass is 10.0. The van der Waals surface area contributed by atoms with E-state index in [2.05, 4.69) is 23.3 Å². The summed E-state index contributed by atoms with van der Waals surface area (Å²) >= 11 is 1.53. The summed E-state index contributed by atoms with van der Waals surface area (Å²) in [4.78, 5) is 40.1. The van der Waals surface area contributed by atoms with Gasteiger partial charge in [0.2, 0.25) is 5.91 Å². The first kappa shape index (κ1) is 28.1. The summed E-state index contributed by atoms with van der Waals surface area (Å²) in [5.74, 6) is -0.386. The number of ether oxygens (including phenoxy) is 1. The first-order chi connectivity index (χ1) is 15.4. The van der Waals surface area contributed by atoms with E-state index >= 15 is 0 Å². The number of benzene rings is 1. The number of carbonyl (C=O) groups is 3. The minimum absolute atomic E-state index is 0.163. The lowest BCUT2D eigenvalue weighted by Crippen LogP contribution is -2.52. The van der Waals surface area contributed by atoms with Crippen LogP contribution in [0.2, 0.25) is 0 Å². The van der Waals surface area contributed by atoms with Gasteiger partial charge in [-0.25, -0.2) is 4.79 Å². The summed E-state index contributed by atoms with van der Waals surface area (Å²) < 4.78 is 5.32. The molecule has 0 fully saturated rings. The van der Waals surface area contributed by atoms with Crippen LogP contribution >= 0.6 is 11.8 Å². The molecule has 0 aromatic heterocycles. The predicted octanol–water partition coefficient (Wildman–Crippen LogP) is 3.96. The van der Waals surface area contributed by atoms with E-state index in [1.54, 1.807) is 45.0 Å². The maximum atomic E-state index is 13.5. The van der Waals surface area contributed by atoms with E-state index in [4.69, 9.17) is 11.2 Å². The second kappa shape index (κ2) is 12.9. The number of thioether (sulfide) groups is 1. The Morgan fingerprint density at radius 3 is 2.45 bits per heavy atom. The van der Waals surface area contributed by atoms with Gasteiger partial charge in [-0.3, -0.25) is 14.5 Å². The molecule has 0 bridgehead atoms. The monoisotopic (exact) mass is 473 g/mol. The molecule has 0 saturated carbocycles. The van der Waals surface area contributed by atoms with Crippen molar-refractivity contribution in [3.05, 3.63) is 42.0 Å². The Balaban J connectivity index is 3.37. The van der Waals surface area contributed by atoms with E-state index in [1.165, 1.54) is 11.8 Å². The molecule has 0 spiro atoms. The zero-order valence-corrected chi connectivity index (χ0v) is 21.1. The Hall–Kier alpha value is -2.92. The third-order valence-electron chi connectivity index (χ3n) is 4.38. The topological polar surface area (TPSA) is 87.7 Å². The number of alkyl carbamates (subject to hydrolysis) is 1. The number of hydrogen-bond acceptors (Lipinski definition) is 5. The number of nitrogens with zero attached hydrogens (tertiary/aromatic N) is 1. The van der Waals surface area contributed by atoms with Crippen molar-refractivity contribution in [2.75, 3.05) is 12.0 Å². The molecule has 2 atom stereocenters. The van der Waals surface area contributed by atoms with Gasteiger partial charge in [0.05, 0.1) is 0 Å². The van der Waals surface area contributed by atoms with Crippen molar-refractivity contribution in [1.82, 2.24) is 15.5 Å². The molecule has 0 aliphatic carbocycles. The van der Waals surface area contributed by atoms with E-state index in [1.807, 2.05) is 26.2 Å². The van der Waals surface area contributed by atoms with Crippen LogP contribution in [0.25, 0.3) is 6.08 Å². The van der Waals surface area contributed by atoms with E-state index in [0.29, 0.717) is 17.7 Å². The zero-order chi connectivity index (χ0) is 25.2. The summed E-state index contributed by atoms with van der Waals surface area (Å²) in [5.41, 5.74) is 0.594. The molecule has 180 valence electrons. The Bertz CT molecular complexity index is 886. The smallest absolute Gasteiger partial charge is 0.408 e. The predicted molar refractivity (Wildman–Crippen MR) is 134 cm³/mol. The first-order valence-corrected chi connectivity index (χ1v) is 12.1. The third-order valence-corrected chi connectivity index (χ3v) is 5.02. The summed E-state index contributed by atoms with van der Waals surface area (Å²) in [6.07, 6.45) is 8.90. The maximum absolute atomic E-state index is 13.5. The van der Waals surface area contributed by atoms with Crippen LogP contribution in [0.15, 0.2) is 30.8 Å². The van der Waals surface area contributed by atoms with Crippen molar-refractivity contribution in [3.63, 3.8) is 0 Å². The van der Waals surface area contributed by atoms with Crippen LogP contribution in [-0.2, 0) is 14.3 Å². The molecule has 2 unspecified atom stereocenters. The SMILES string of the molecule is C#CN(C(=O)C(CCSC)NC(=O)OC(C)(C)C)C(C(=O)NC(C)C)c1cccc(C=C)c1. The number of nitrogens with one attached hydrogen (secondary N) is 2. The van der Waals surface area contributed by atoms with Gasteiger partial charge in [-0.15, -0.1) is 0 Å². The van der Waals surface area contributed by atoms with Gasteiger partial charge in [0, 0.05) is 12.1 Å². The van der Waals surface area contributed by atoms with E-state index in [0.717, 1.165) is 10.5 Å². The zero-order valence-electron chi connectivity index (χ0n) is 20.3. The molecule has 1 aromatic carbocycles. The van der Waals surface area contributed by atoms with Crippen molar-refractivity contribution >= 4 is 35.7 Å². The highest BCUT2D eigenvalue weighted by atomic mass is 32.2. The number of hydrogen-bond donors (Lipinski definition) is 2. The third kappa shape index (κ3) is 9.22. The molecule has 0 aliphatic heterocycles. The van der Waals surface area contributed by atoms with E-state index in [9.17, 15) is 14.4 Å². The van der Waals surface area contributed by atoms with Gasteiger partial charge in [-0.05, 0) is 70.2 Å². The average molecular weight is 474 g/mol. The van der Waals surface area contributed by atoms with Gasteiger partial charge in [-0.2, -0.15) is 11.8 Å².